The first-order valence-electron chi connectivity index (χ1n) is 6.39. The summed E-state index contributed by atoms with van der Waals surface area (Å²) < 4.78 is 0. The van der Waals surface area contributed by atoms with Crippen molar-refractivity contribution < 1.29 is 9.90 Å². The van der Waals surface area contributed by atoms with E-state index in [9.17, 15) is 9.90 Å². The van der Waals surface area contributed by atoms with Gasteiger partial charge in [-0.05, 0) is 30.4 Å². The van der Waals surface area contributed by atoms with Crippen LogP contribution in [0.4, 0.5) is 0 Å². The molecule has 0 unspecified atom stereocenters. The summed E-state index contributed by atoms with van der Waals surface area (Å²) >= 11 is 0. The molecule has 1 aliphatic rings. The first-order chi connectivity index (χ1) is 8.63. The zero-order valence-electron chi connectivity index (χ0n) is 10.6. The molecule has 1 aromatic carbocycles. The van der Waals surface area contributed by atoms with Gasteiger partial charge in [0, 0.05) is 17.9 Å². The van der Waals surface area contributed by atoms with Crippen LogP contribution in [0.25, 0.3) is 0 Å². The van der Waals surface area contributed by atoms with Crippen molar-refractivity contribution in [1.29, 1.82) is 0 Å². The lowest BCUT2D eigenvalue weighted by molar-refractivity contribution is -0.129. The molecule has 0 aromatic heterocycles. The van der Waals surface area contributed by atoms with Gasteiger partial charge in [-0.2, -0.15) is 0 Å². The van der Waals surface area contributed by atoms with E-state index in [1.54, 1.807) is 6.07 Å². The molecule has 18 heavy (non-hydrogen) atoms. The van der Waals surface area contributed by atoms with E-state index in [2.05, 4.69) is 12.8 Å². The number of hydrogen-bond acceptors (Lipinski definition) is 2. The Balaban J connectivity index is 2.27. The molecule has 2 rings (SSSR count). The molecule has 1 N–H and O–H groups in total. The van der Waals surface area contributed by atoms with E-state index in [1.807, 2.05) is 18.2 Å². The number of Topliss-reactive ketones (excluding diaryl/α,β-unsaturated/α-hetero) is 1. The minimum atomic E-state index is -0.771. The average molecular weight is 242 g/mol. The van der Waals surface area contributed by atoms with E-state index >= 15 is 0 Å². The predicted molar refractivity (Wildman–Crippen MR) is 70.8 cm³/mol. The monoisotopic (exact) mass is 242 g/mol. The molecule has 2 heteroatoms. The van der Waals surface area contributed by atoms with Crippen LogP contribution in [0.15, 0.2) is 24.3 Å². The minimum Gasteiger partial charge on any atom is -0.388 e. The third-order valence-corrected chi connectivity index (χ3v) is 3.77. The van der Waals surface area contributed by atoms with Crippen molar-refractivity contribution in [2.24, 2.45) is 11.8 Å². The Labute approximate surface area is 108 Å². The molecule has 0 spiro atoms. The summed E-state index contributed by atoms with van der Waals surface area (Å²) in [6, 6.07) is 7.30. The summed E-state index contributed by atoms with van der Waals surface area (Å²) in [7, 11) is 0. The lowest BCUT2D eigenvalue weighted by Gasteiger charge is -2.29. The second-order valence-corrected chi connectivity index (χ2v) is 5.13. The van der Waals surface area contributed by atoms with E-state index < -0.39 is 6.10 Å². The maximum atomic E-state index is 11.9. The zero-order valence-corrected chi connectivity index (χ0v) is 10.6. The summed E-state index contributed by atoms with van der Waals surface area (Å²) in [5, 5.41) is 10.4. The van der Waals surface area contributed by atoms with Crippen LogP contribution in [0, 0.1) is 24.2 Å². The second kappa shape index (κ2) is 5.37. The fraction of sp³-hybridized carbons (Fsp3) is 0.438. The van der Waals surface area contributed by atoms with Crippen LogP contribution in [0.5, 0.6) is 0 Å². The lowest BCUT2D eigenvalue weighted by Crippen LogP contribution is -2.29. The van der Waals surface area contributed by atoms with Crippen LogP contribution in [-0.2, 0) is 4.79 Å². The van der Waals surface area contributed by atoms with Crippen molar-refractivity contribution in [2.45, 2.75) is 32.3 Å². The maximum absolute atomic E-state index is 11.9. The minimum absolute atomic E-state index is 0.160. The van der Waals surface area contributed by atoms with Crippen LogP contribution in [0.2, 0.25) is 0 Å². The van der Waals surface area contributed by atoms with Gasteiger partial charge in [0.15, 0.2) is 0 Å². The van der Waals surface area contributed by atoms with Gasteiger partial charge in [-0.3, -0.25) is 4.79 Å². The smallest absolute Gasteiger partial charge is 0.138 e. The number of rotatable bonds is 2. The van der Waals surface area contributed by atoms with Gasteiger partial charge < -0.3 is 5.11 Å². The highest BCUT2D eigenvalue weighted by Crippen LogP contribution is 2.35. The molecular weight excluding hydrogens is 224 g/mol. The highest BCUT2D eigenvalue weighted by atomic mass is 16.3. The summed E-state index contributed by atoms with van der Waals surface area (Å²) in [4.78, 5) is 11.9. The number of terminal acetylenes is 1. The standard InChI is InChI=1S/C16H18O2/c1-3-12-6-4-5-7-13(12)16(18)14-10-11(2)8-9-15(14)17/h1,4-7,11,14,16,18H,8-10H2,2H3/t11-,14+,16-/m0/s1. The number of hydrogen-bond donors (Lipinski definition) is 1. The molecule has 0 radical (unpaired) electrons. The molecular formula is C16H18O2. The summed E-state index contributed by atoms with van der Waals surface area (Å²) in [6.07, 6.45) is 6.91. The highest BCUT2D eigenvalue weighted by molar-refractivity contribution is 5.82. The quantitative estimate of drug-likeness (QED) is 0.810. The summed E-state index contributed by atoms with van der Waals surface area (Å²) in [6.45, 7) is 2.12. The molecule has 0 bridgehead atoms. The molecule has 1 aliphatic carbocycles. The first-order valence-corrected chi connectivity index (χ1v) is 6.39. The molecule has 1 saturated carbocycles. The Bertz CT molecular complexity index is 484. The number of aliphatic hydroxyl groups excluding tert-OH is 1. The van der Waals surface area contributed by atoms with Crippen LogP contribution in [-0.4, -0.2) is 10.9 Å². The molecule has 3 atom stereocenters. The second-order valence-electron chi connectivity index (χ2n) is 5.13. The molecule has 0 amide bonds. The molecule has 1 aromatic rings. The van der Waals surface area contributed by atoms with Crippen molar-refractivity contribution in [3.63, 3.8) is 0 Å². The van der Waals surface area contributed by atoms with Gasteiger partial charge in [0.1, 0.15) is 5.78 Å². The molecule has 0 heterocycles. The maximum Gasteiger partial charge on any atom is 0.138 e. The van der Waals surface area contributed by atoms with Crippen LogP contribution < -0.4 is 0 Å². The van der Waals surface area contributed by atoms with Crippen molar-refractivity contribution in [3.8, 4) is 12.3 Å². The van der Waals surface area contributed by atoms with Crippen molar-refractivity contribution in [2.75, 3.05) is 0 Å². The third-order valence-electron chi connectivity index (χ3n) is 3.77. The van der Waals surface area contributed by atoms with Crippen molar-refractivity contribution in [1.82, 2.24) is 0 Å². The van der Waals surface area contributed by atoms with E-state index in [-0.39, 0.29) is 11.7 Å². The normalized spacial score (nSPS) is 25.5. The van der Waals surface area contributed by atoms with Gasteiger partial charge in [-0.1, -0.05) is 31.0 Å². The Hall–Kier alpha value is -1.59. The van der Waals surface area contributed by atoms with Gasteiger partial charge in [0.25, 0.3) is 0 Å². The Morgan fingerprint density at radius 2 is 2.17 bits per heavy atom. The van der Waals surface area contributed by atoms with E-state index in [4.69, 9.17) is 6.42 Å². The van der Waals surface area contributed by atoms with Gasteiger partial charge in [0.2, 0.25) is 0 Å². The Kier molecular flexibility index (Phi) is 3.84. The molecule has 94 valence electrons. The van der Waals surface area contributed by atoms with Gasteiger partial charge in [-0.15, -0.1) is 6.42 Å². The SMILES string of the molecule is C#Cc1ccccc1[C@H](O)[C@@H]1C[C@@H](C)CCC1=O. The Morgan fingerprint density at radius 1 is 1.44 bits per heavy atom. The molecule has 0 saturated heterocycles. The van der Waals surface area contributed by atoms with Gasteiger partial charge in [0.05, 0.1) is 6.10 Å². The van der Waals surface area contributed by atoms with Crippen LogP contribution in [0.3, 0.4) is 0 Å². The molecule has 0 aliphatic heterocycles. The number of carbonyl (C=O) groups is 1. The lowest BCUT2D eigenvalue weighted by atomic mass is 9.76. The molecule has 1 fully saturated rings. The van der Waals surface area contributed by atoms with E-state index in [1.165, 1.54) is 0 Å². The van der Waals surface area contributed by atoms with E-state index in [0.717, 1.165) is 12.8 Å². The summed E-state index contributed by atoms with van der Waals surface area (Å²) in [5.74, 6) is 2.91. The number of aliphatic hydroxyl groups is 1. The largest absolute Gasteiger partial charge is 0.388 e. The first kappa shape index (κ1) is 12.9. The number of benzene rings is 1. The predicted octanol–water partition coefficient (Wildman–Crippen LogP) is 2.71. The summed E-state index contributed by atoms with van der Waals surface area (Å²) in [5.41, 5.74) is 1.38. The van der Waals surface area contributed by atoms with E-state index in [0.29, 0.717) is 23.5 Å². The zero-order chi connectivity index (χ0) is 13.1. The average Bonchev–Trinajstić information content (AvgIpc) is 2.40. The number of ketones is 1. The Morgan fingerprint density at radius 3 is 2.89 bits per heavy atom. The van der Waals surface area contributed by atoms with Crippen molar-refractivity contribution in [3.05, 3.63) is 35.4 Å². The van der Waals surface area contributed by atoms with Gasteiger partial charge in [-0.25, -0.2) is 0 Å². The highest BCUT2D eigenvalue weighted by Gasteiger charge is 2.33. The van der Waals surface area contributed by atoms with Crippen molar-refractivity contribution >= 4 is 5.78 Å². The van der Waals surface area contributed by atoms with Gasteiger partial charge >= 0.3 is 0 Å². The van der Waals surface area contributed by atoms with Crippen LogP contribution >= 0.6 is 0 Å². The number of carbonyl (C=O) groups excluding carboxylic acids is 1. The fourth-order valence-corrected chi connectivity index (χ4v) is 2.66. The fourth-order valence-electron chi connectivity index (χ4n) is 2.66. The van der Waals surface area contributed by atoms with Crippen LogP contribution in [0.1, 0.15) is 43.4 Å². The topological polar surface area (TPSA) is 37.3 Å². The third kappa shape index (κ3) is 2.47. The molecule has 2 nitrogen and oxygen atoms in total.